The number of thioether (sulfide) groups is 1. The summed E-state index contributed by atoms with van der Waals surface area (Å²) in [6, 6.07) is 8.10. The fourth-order valence-corrected chi connectivity index (χ4v) is 3.62. The monoisotopic (exact) mass is 297 g/mol. The predicted molar refractivity (Wildman–Crippen MR) is 81.8 cm³/mol. The van der Waals surface area contributed by atoms with Gasteiger partial charge in [-0.25, -0.2) is 0 Å². The number of hydrogen-bond donors (Lipinski definition) is 0. The third kappa shape index (κ3) is 3.90. The number of carbonyl (C=O) groups is 1. The second-order valence-electron chi connectivity index (χ2n) is 5.10. The number of hydrogen-bond acceptors (Lipinski definition) is 2. The maximum atomic E-state index is 12.4. The first-order chi connectivity index (χ1) is 9.08. The smallest absolute Gasteiger partial charge is 0.235 e. The van der Waals surface area contributed by atoms with Gasteiger partial charge in [0.1, 0.15) is 0 Å². The van der Waals surface area contributed by atoms with Gasteiger partial charge < -0.3 is 4.90 Å². The summed E-state index contributed by atoms with van der Waals surface area (Å²) in [6.07, 6.45) is 4.81. The zero-order valence-corrected chi connectivity index (χ0v) is 13.0. The SMILES string of the molecule is C[C@H](Sc1ccc(Cl)cc1)C(=O)N(C)C1CCCC1. The lowest BCUT2D eigenvalue weighted by Gasteiger charge is -2.27. The van der Waals surface area contributed by atoms with Crippen LogP contribution in [-0.2, 0) is 4.79 Å². The molecule has 104 valence electrons. The lowest BCUT2D eigenvalue weighted by molar-refractivity contribution is -0.130. The van der Waals surface area contributed by atoms with Gasteiger partial charge in [-0.1, -0.05) is 24.4 Å². The van der Waals surface area contributed by atoms with Crippen molar-refractivity contribution in [2.24, 2.45) is 0 Å². The molecule has 0 saturated heterocycles. The van der Waals surface area contributed by atoms with E-state index in [0.717, 1.165) is 22.8 Å². The number of rotatable bonds is 4. The molecule has 1 atom stereocenters. The number of halogens is 1. The molecule has 1 amide bonds. The highest BCUT2D eigenvalue weighted by molar-refractivity contribution is 8.00. The van der Waals surface area contributed by atoms with Crippen molar-refractivity contribution in [3.63, 3.8) is 0 Å². The van der Waals surface area contributed by atoms with E-state index in [-0.39, 0.29) is 11.2 Å². The molecule has 0 unspecified atom stereocenters. The molecule has 0 heterocycles. The molecule has 1 aliphatic carbocycles. The molecule has 0 aliphatic heterocycles. The van der Waals surface area contributed by atoms with E-state index in [9.17, 15) is 4.79 Å². The van der Waals surface area contributed by atoms with Gasteiger partial charge in [-0.3, -0.25) is 4.79 Å². The molecule has 1 aromatic carbocycles. The summed E-state index contributed by atoms with van der Waals surface area (Å²) in [4.78, 5) is 15.4. The molecule has 2 nitrogen and oxygen atoms in total. The minimum Gasteiger partial charge on any atom is -0.342 e. The normalized spacial score (nSPS) is 17.4. The Morgan fingerprint density at radius 3 is 2.47 bits per heavy atom. The van der Waals surface area contributed by atoms with E-state index < -0.39 is 0 Å². The van der Waals surface area contributed by atoms with Crippen molar-refractivity contribution in [3.8, 4) is 0 Å². The Labute approximate surface area is 124 Å². The molecule has 0 radical (unpaired) electrons. The molecular weight excluding hydrogens is 278 g/mol. The first kappa shape index (κ1) is 14.7. The van der Waals surface area contributed by atoms with Crippen LogP contribution in [0, 0.1) is 0 Å². The average molecular weight is 298 g/mol. The lowest BCUT2D eigenvalue weighted by atomic mass is 10.2. The van der Waals surface area contributed by atoms with E-state index in [2.05, 4.69) is 0 Å². The highest BCUT2D eigenvalue weighted by atomic mass is 35.5. The van der Waals surface area contributed by atoms with Gasteiger partial charge in [0, 0.05) is 23.0 Å². The van der Waals surface area contributed by atoms with Crippen molar-refractivity contribution in [1.82, 2.24) is 4.90 Å². The summed E-state index contributed by atoms with van der Waals surface area (Å²) in [5, 5.41) is 0.679. The zero-order valence-electron chi connectivity index (χ0n) is 11.4. The predicted octanol–water partition coefficient (Wildman–Crippen LogP) is 4.22. The van der Waals surface area contributed by atoms with Crippen LogP contribution in [0.4, 0.5) is 0 Å². The molecule has 1 fully saturated rings. The van der Waals surface area contributed by atoms with E-state index in [1.807, 2.05) is 43.1 Å². The topological polar surface area (TPSA) is 20.3 Å². The second kappa shape index (κ2) is 6.67. The molecular formula is C15H20ClNOS. The Morgan fingerprint density at radius 2 is 1.89 bits per heavy atom. The lowest BCUT2D eigenvalue weighted by Crippen LogP contribution is -2.39. The number of nitrogens with zero attached hydrogens (tertiary/aromatic N) is 1. The molecule has 19 heavy (non-hydrogen) atoms. The van der Waals surface area contributed by atoms with Gasteiger partial charge in [0.25, 0.3) is 0 Å². The largest absolute Gasteiger partial charge is 0.342 e. The maximum absolute atomic E-state index is 12.4. The number of benzene rings is 1. The van der Waals surface area contributed by atoms with Crippen molar-refractivity contribution in [3.05, 3.63) is 29.3 Å². The van der Waals surface area contributed by atoms with Crippen LogP contribution in [0.25, 0.3) is 0 Å². The van der Waals surface area contributed by atoms with Gasteiger partial charge in [0.15, 0.2) is 0 Å². The Bertz CT molecular complexity index is 428. The number of carbonyl (C=O) groups excluding carboxylic acids is 1. The van der Waals surface area contributed by atoms with Crippen molar-refractivity contribution in [2.75, 3.05) is 7.05 Å². The van der Waals surface area contributed by atoms with Gasteiger partial charge in [-0.05, 0) is 44.0 Å². The molecule has 0 bridgehead atoms. The van der Waals surface area contributed by atoms with Gasteiger partial charge in [0.05, 0.1) is 5.25 Å². The van der Waals surface area contributed by atoms with Crippen LogP contribution in [0.15, 0.2) is 29.2 Å². The second-order valence-corrected chi connectivity index (χ2v) is 6.95. The Morgan fingerprint density at radius 1 is 1.32 bits per heavy atom. The quantitative estimate of drug-likeness (QED) is 0.776. The van der Waals surface area contributed by atoms with Gasteiger partial charge in [0.2, 0.25) is 5.91 Å². The molecule has 0 spiro atoms. The number of amides is 1. The van der Waals surface area contributed by atoms with Crippen LogP contribution in [0.2, 0.25) is 5.02 Å². The summed E-state index contributed by atoms with van der Waals surface area (Å²) in [5.74, 6) is 0.229. The van der Waals surface area contributed by atoms with Gasteiger partial charge in [-0.2, -0.15) is 0 Å². The van der Waals surface area contributed by atoms with Crippen LogP contribution in [0.3, 0.4) is 0 Å². The fraction of sp³-hybridized carbons (Fsp3) is 0.533. The van der Waals surface area contributed by atoms with Crippen molar-refractivity contribution in [2.45, 2.75) is 48.8 Å². The van der Waals surface area contributed by atoms with E-state index in [0.29, 0.717) is 6.04 Å². The standard InChI is InChI=1S/C15H20ClNOS/c1-11(19-14-9-7-12(16)8-10-14)15(18)17(2)13-5-3-4-6-13/h7-11,13H,3-6H2,1-2H3/t11-/m0/s1. The highest BCUT2D eigenvalue weighted by Gasteiger charge is 2.26. The third-order valence-corrected chi connectivity index (χ3v) is 5.05. The van der Waals surface area contributed by atoms with E-state index >= 15 is 0 Å². The van der Waals surface area contributed by atoms with E-state index in [4.69, 9.17) is 11.6 Å². The molecule has 0 aromatic heterocycles. The Kier molecular flexibility index (Phi) is 5.17. The molecule has 4 heteroatoms. The first-order valence-electron chi connectivity index (χ1n) is 6.77. The van der Waals surface area contributed by atoms with Crippen LogP contribution in [0.5, 0.6) is 0 Å². The van der Waals surface area contributed by atoms with E-state index in [1.165, 1.54) is 12.8 Å². The molecule has 1 aromatic rings. The first-order valence-corrected chi connectivity index (χ1v) is 8.02. The van der Waals surface area contributed by atoms with Crippen LogP contribution < -0.4 is 0 Å². The van der Waals surface area contributed by atoms with Crippen molar-refractivity contribution in [1.29, 1.82) is 0 Å². The van der Waals surface area contributed by atoms with Gasteiger partial charge >= 0.3 is 0 Å². The summed E-state index contributed by atoms with van der Waals surface area (Å²) < 4.78 is 0. The average Bonchev–Trinajstić information content (AvgIpc) is 2.93. The third-order valence-electron chi connectivity index (χ3n) is 3.69. The van der Waals surface area contributed by atoms with E-state index in [1.54, 1.807) is 11.8 Å². The highest BCUT2D eigenvalue weighted by Crippen LogP contribution is 2.28. The Balaban J connectivity index is 1.93. The van der Waals surface area contributed by atoms with Crippen LogP contribution >= 0.6 is 23.4 Å². The summed E-state index contributed by atoms with van der Waals surface area (Å²) in [5.41, 5.74) is 0. The van der Waals surface area contributed by atoms with Crippen LogP contribution in [-0.4, -0.2) is 29.1 Å². The van der Waals surface area contributed by atoms with Crippen molar-refractivity contribution < 1.29 is 4.79 Å². The minimum absolute atomic E-state index is 0.0493. The summed E-state index contributed by atoms with van der Waals surface area (Å²) >= 11 is 7.46. The van der Waals surface area contributed by atoms with Crippen LogP contribution in [0.1, 0.15) is 32.6 Å². The summed E-state index contributed by atoms with van der Waals surface area (Å²) in [6.45, 7) is 1.98. The summed E-state index contributed by atoms with van der Waals surface area (Å²) in [7, 11) is 1.94. The molecule has 1 saturated carbocycles. The molecule has 0 N–H and O–H groups in total. The minimum atomic E-state index is -0.0493. The molecule has 1 aliphatic rings. The fourth-order valence-electron chi connectivity index (χ4n) is 2.53. The zero-order chi connectivity index (χ0) is 13.8. The Hall–Kier alpha value is -0.670. The van der Waals surface area contributed by atoms with Crippen molar-refractivity contribution >= 4 is 29.3 Å². The maximum Gasteiger partial charge on any atom is 0.235 e. The molecule has 2 rings (SSSR count). The van der Waals surface area contributed by atoms with Gasteiger partial charge in [-0.15, -0.1) is 11.8 Å².